The first-order valence-electron chi connectivity index (χ1n) is 9.41. The van der Waals surface area contributed by atoms with Crippen LogP contribution in [0.4, 0.5) is 11.6 Å². The summed E-state index contributed by atoms with van der Waals surface area (Å²) in [6.07, 6.45) is 3.38. The highest BCUT2D eigenvalue weighted by Crippen LogP contribution is 2.31. The molecule has 154 valence electrons. The van der Waals surface area contributed by atoms with Crippen molar-refractivity contribution < 1.29 is 13.2 Å². The average Bonchev–Trinajstić information content (AvgIpc) is 2.74. The molecule has 1 aliphatic rings. The molecule has 1 saturated heterocycles. The minimum Gasteiger partial charge on any atom is -0.487 e. The Labute approximate surface area is 173 Å². The van der Waals surface area contributed by atoms with Gasteiger partial charge in [-0.1, -0.05) is 0 Å². The molecular formula is C20H20N6O3S. The Morgan fingerprint density at radius 1 is 1.17 bits per heavy atom. The van der Waals surface area contributed by atoms with Crippen LogP contribution in [-0.4, -0.2) is 37.6 Å². The number of nitriles is 1. The highest BCUT2D eigenvalue weighted by Gasteiger charge is 2.19. The van der Waals surface area contributed by atoms with Crippen molar-refractivity contribution in [3.8, 4) is 11.8 Å². The van der Waals surface area contributed by atoms with Crippen molar-refractivity contribution in [2.24, 2.45) is 5.14 Å². The maximum absolute atomic E-state index is 11.4. The van der Waals surface area contributed by atoms with Gasteiger partial charge in [-0.2, -0.15) is 5.26 Å². The molecule has 2 heterocycles. The van der Waals surface area contributed by atoms with Crippen molar-refractivity contribution in [2.45, 2.75) is 23.8 Å². The van der Waals surface area contributed by atoms with Gasteiger partial charge in [0.2, 0.25) is 16.0 Å². The molecule has 10 heteroatoms. The van der Waals surface area contributed by atoms with Gasteiger partial charge in [0.15, 0.2) is 5.75 Å². The van der Waals surface area contributed by atoms with Crippen molar-refractivity contribution in [3.05, 3.63) is 48.2 Å². The minimum atomic E-state index is -3.76. The molecule has 0 unspecified atom stereocenters. The lowest BCUT2D eigenvalue weighted by molar-refractivity contribution is 0.164. The standard InChI is InChI=1S/C20H20N6O3S/c21-11-13-1-2-14-12-24-20(25-15-3-5-17(6-4-15)30(22,27)28)26-18(14)19(13)29-16-7-9-23-10-8-16/h1-6,12,16,23H,7-10H2,(H2,22,27,28)(H,24,25,26). The Kier molecular flexibility index (Phi) is 5.50. The Morgan fingerprint density at radius 3 is 2.57 bits per heavy atom. The summed E-state index contributed by atoms with van der Waals surface area (Å²) in [7, 11) is -3.76. The van der Waals surface area contributed by atoms with Crippen LogP contribution in [0.2, 0.25) is 0 Å². The van der Waals surface area contributed by atoms with Crippen LogP contribution < -0.4 is 20.5 Å². The summed E-state index contributed by atoms with van der Waals surface area (Å²) < 4.78 is 29.0. The van der Waals surface area contributed by atoms with Gasteiger partial charge < -0.3 is 15.4 Å². The second kappa shape index (κ2) is 8.23. The summed E-state index contributed by atoms with van der Waals surface area (Å²) in [4.78, 5) is 8.88. The van der Waals surface area contributed by atoms with Gasteiger partial charge in [-0.05, 0) is 62.3 Å². The molecule has 0 amide bonds. The highest BCUT2D eigenvalue weighted by molar-refractivity contribution is 7.89. The van der Waals surface area contributed by atoms with E-state index in [1.54, 1.807) is 30.5 Å². The van der Waals surface area contributed by atoms with Gasteiger partial charge in [-0.15, -0.1) is 0 Å². The van der Waals surface area contributed by atoms with Crippen molar-refractivity contribution in [2.75, 3.05) is 18.4 Å². The lowest BCUT2D eigenvalue weighted by Gasteiger charge is -2.24. The fourth-order valence-electron chi connectivity index (χ4n) is 3.28. The second-order valence-corrected chi connectivity index (χ2v) is 8.51. The van der Waals surface area contributed by atoms with Crippen molar-refractivity contribution in [1.29, 1.82) is 5.26 Å². The third-order valence-corrected chi connectivity index (χ3v) is 5.77. The lowest BCUT2D eigenvalue weighted by Crippen LogP contribution is -2.34. The number of rotatable bonds is 5. The van der Waals surface area contributed by atoms with Gasteiger partial charge in [-0.25, -0.2) is 23.5 Å². The zero-order chi connectivity index (χ0) is 21.1. The number of sulfonamides is 1. The molecule has 0 radical (unpaired) electrons. The Hall–Kier alpha value is -3.26. The second-order valence-electron chi connectivity index (χ2n) is 6.95. The summed E-state index contributed by atoms with van der Waals surface area (Å²) in [5, 5.41) is 21.8. The third-order valence-electron chi connectivity index (χ3n) is 4.84. The van der Waals surface area contributed by atoms with Crippen LogP contribution in [0.25, 0.3) is 10.9 Å². The van der Waals surface area contributed by atoms with Gasteiger partial charge >= 0.3 is 0 Å². The van der Waals surface area contributed by atoms with Gasteiger partial charge in [0.25, 0.3) is 0 Å². The number of anilines is 2. The SMILES string of the molecule is N#Cc1ccc2cnc(Nc3ccc(S(N)(=O)=O)cc3)nc2c1OC1CCNCC1. The molecule has 4 rings (SSSR count). The number of aromatic nitrogens is 2. The quantitative estimate of drug-likeness (QED) is 0.564. The van der Waals surface area contributed by atoms with E-state index >= 15 is 0 Å². The fourth-order valence-corrected chi connectivity index (χ4v) is 3.79. The number of piperidine rings is 1. The molecule has 2 aromatic carbocycles. The minimum absolute atomic E-state index is 0.0149. The molecule has 1 aliphatic heterocycles. The Bertz CT molecular complexity index is 1220. The molecular weight excluding hydrogens is 404 g/mol. The van der Waals surface area contributed by atoms with Crippen LogP contribution in [-0.2, 0) is 10.0 Å². The lowest BCUT2D eigenvalue weighted by atomic mass is 10.1. The largest absolute Gasteiger partial charge is 0.487 e. The maximum Gasteiger partial charge on any atom is 0.238 e. The van der Waals surface area contributed by atoms with Crippen LogP contribution in [0.3, 0.4) is 0 Å². The van der Waals surface area contributed by atoms with E-state index in [0.29, 0.717) is 28.5 Å². The van der Waals surface area contributed by atoms with E-state index in [1.165, 1.54) is 12.1 Å². The number of nitrogens with zero attached hydrogens (tertiary/aromatic N) is 3. The number of hydrogen-bond acceptors (Lipinski definition) is 8. The van der Waals surface area contributed by atoms with Gasteiger partial charge in [0, 0.05) is 17.3 Å². The van der Waals surface area contributed by atoms with Crippen molar-refractivity contribution >= 4 is 32.6 Å². The first-order chi connectivity index (χ1) is 14.4. The first-order valence-corrected chi connectivity index (χ1v) is 11.0. The topological polar surface area (TPSA) is 143 Å². The van der Waals surface area contributed by atoms with E-state index in [1.807, 2.05) is 0 Å². The van der Waals surface area contributed by atoms with E-state index in [9.17, 15) is 13.7 Å². The number of primary sulfonamides is 1. The molecule has 30 heavy (non-hydrogen) atoms. The molecule has 4 N–H and O–H groups in total. The number of ether oxygens (including phenoxy) is 1. The van der Waals surface area contributed by atoms with E-state index in [0.717, 1.165) is 31.3 Å². The number of nitrogens with two attached hydrogens (primary N) is 1. The number of hydrogen-bond donors (Lipinski definition) is 3. The fraction of sp³-hybridized carbons (Fsp3) is 0.250. The maximum atomic E-state index is 11.4. The van der Waals surface area contributed by atoms with Crippen LogP contribution in [0.15, 0.2) is 47.5 Å². The predicted molar refractivity (Wildman–Crippen MR) is 112 cm³/mol. The van der Waals surface area contributed by atoms with Crippen molar-refractivity contribution in [1.82, 2.24) is 15.3 Å². The summed E-state index contributed by atoms with van der Waals surface area (Å²) in [5.41, 5.74) is 1.56. The zero-order valence-corrected chi connectivity index (χ0v) is 16.8. The molecule has 0 spiro atoms. The zero-order valence-electron chi connectivity index (χ0n) is 16.0. The van der Waals surface area contributed by atoms with Crippen LogP contribution in [0.1, 0.15) is 18.4 Å². The van der Waals surface area contributed by atoms with Crippen molar-refractivity contribution in [3.63, 3.8) is 0 Å². The first kappa shape index (κ1) is 20.0. The highest BCUT2D eigenvalue weighted by atomic mass is 32.2. The summed E-state index contributed by atoms with van der Waals surface area (Å²) in [6, 6.07) is 11.6. The Morgan fingerprint density at radius 2 is 1.90 bits per heavy atom. The van der Waals surface area contributed by atoms with Crippen LogP contribution in [0.5, 0.6) is 5.75 Å². The van der Waals surface area contributed by atoms with Crippen LogP contribution >= 0.6 is 0 Å². The monoisotopic (exact) mass is 424 g/mol. The van der Waals surface area contributed by atoms with Gasteiger partial charge in [0.1, 0.15) is 17.7 Å². The van der Waals surface area contributed by atoms with Crippen LogP contribution in [0, 0.1) is 11.3 Å². The molecule has 0 aliphatic carbocycles. The molecule has 3 aromatic rings. The molecule has 9 nitrogen and oxygen atoms in total. The normalized spacial score (nSPS) is 14.9. The predicted octanol–water partition coefficient (Wildman–Crippen LogP) is 2.02. The molecule has 1 fully saturated rings. The molecule has 0 bridgehead atoms. The number of fused-ring (bicyclic) bond motifs is 1. The summed E-state index contributed by atoms with van der Waals surface area (Å²) >= 11 is 0. The smallest absolute Gasteiger partial charge is 0.238 e. The summed E-state index contributed by atoms with van der Waals surface area (Å²) in [5.74, 6) is 0.757. The van der Waals surface area contributed by atoms with E-state index in [-0.39, 0.29) is 11.0 Å². The summed E-state index contributed by atoms with van der Waals surface area (Å²) in [6.45, 7) is 1.74. The number of benzene rings is 2. The number of nitrogens with one attached hydrogen (secondary N) is 2. The molecule has 0 atom stereocenters. The van der Waals surface area contributed by atoms with E-state index < -0.39 is 10.0 Å². The third kappa shape index (κ3) is 4.33. The van der Waals surface area contributed by atoms with E-state index in [2.05, 4.69) is 26.7 Å². The molecule has 0 saturated carbocycles. The molecule has 1 aromatic heterocycles. The average molecular weight is 424 g/mol. The van der Waals surface area contributed by atoms with E-state index in [4.69, 9.17) is 9.88 Å². The Balaban J connectivity index is 1.66. The van der Waals surface area contributed by atoms with Gasteiger partial charge in [0.05, 0.1) is 10.5 Å². The van der Waals surface area contributed by atoms with Gasteiger partial charge in [-0.3, -0.25) is 0 Å².